The van der Waals surface area contributed by atoms with Gasteiger partial charge in [0.05, 0.1) is 12.8 Å². The topological polar surface area (TPSA) is 47.9 Å². The Hall–Kier alpha value is -2.13. The molecule has 2 aromatic rings. The Morgan fingerprint density at radius 2 is 1.93 bits per heavy atom. The number of hydrogen-bond acceptors (Lipinski definition) is 4. The molecule has 0 bridgehead atoms. The van der Waals surface area contributed by atoms with E-state index in [9.17, 15) is 22.4 Å². The maximum Gasteiger partial charge on any atom is 0.444 e. The van der Waals surface area contributed by atoms with Gasteiger partial charge in [-0.2, -0.15) is 13.2 Å². The highest BCUT2D eigenvalue weighted by Crippen LogP contribution is 2.36. The van der Waals surface area contributed by atoms with Gasteiger partial charge in [0.1, 0.15) is 22.9 Å². The van der Waals surface area contributed by atoms with Gasteiger partial charge in [0, 0.05) is 17.0 Å². The van der Waals surface area contributed by atoms with Crippen LogP contribution in [0.4, 0.5) is 23.2 Å². The summed E-state index contributed by atoms with van der Waals surface area (Å²) in [7, 11) is 1.15. The van der Waals surface area contributed by atoms with Gasteiger partial charge in [-0.15, -0.1) is 0 Å². The van der Waals surface area contributed by atoms with Gasteiger partial charge in [-0.1, -0.05) is 33.6 Å². The van der Waals surface area contributed by atoms with Crippen LogP contribution in [0.15, 0.2) is 41.4 Å². The maximum atomic E-state index is 13.6. The monoisotopic (exact) mass is 467 g/mol. The first-order valence-electron chi connectivity index (χ1n) is 7.22. The SMILES string of the molecule is COC(=O)c1ccc(F)cc1Oc1cccc(/N=C(/Cl)C(F)(F)F)c1CBr. The molecule has 0 radical (unpaired) electrons. The van der Waals surface area contributed by atoms with E-state index < -0.39 is 23.1 Å². The lowest BCUT2D eigenvalue weighted by Gasteiger charge is -2.14. The van der Waals surface area contributed by atoms with Gasteiger partial charge < -0.3 is 9.47 Å². The predicted octanol–water partition coefficient (Wildman–Crippen LogP) is 6.13. The third kappa shape index (κ3) is 5.20. The molecule has 4 nitrogen and oxygen atoms in total. The highest BCUT2D eigenvalue weighted by Gasteiger charge is 2.34. The summed E-state index contributed by atoms with van der Waals surface area (Å²) in [4.78, 5) is 15.2. The molecule has 0 unspecified atom stereocenters. The number of ether oxygens (including phenoxy) is 2. The van der Waals surface area contributed by atoms with Crippen molar-refractivity contribution in [3.05, 3.63) is 53.3 Å². The zero-order chi connectivity index (χ0) is 20.2. The molecule has 0 atom stereocenters. The van der Waals surface area contributed by atoms with Crippen LogP contribution in [-0.2, 0) is 10.1 Å². The second-order valence-electron chi connectivity index (χ2n) is 5.02. The zero-order valence-electron chi connectivity index (χ0n) is 13.6. The van der Waals surface area contributed by atoms with E-state index in [1.54, 1.807) is 0 Å². The number of alkyl halides is 4. The molecule has 0 aliphatic carbocycles. The van der Waals surface area contributed by atoms with Crippen molar-refractivity contribution < 1.29 is 31.8 Å². The summed E-state index contributed by atoms with van der Waals surface area (Å²) in [6, 6.07) is 7.31. The van der Waals surface area contributed by atoms with Crippen LogP contribution in [0.1, 0.15) is 15.9 Å². The van der Waals surface area contributed by atoms with Crippen molar-refractivity contribution in [1.82, 2.24) is 0 Å². The largest absolute Gasteiger partial charge is 0.465 e. The van der Waals surface area contributed by atoms with Gasteiger partial charge >= 0.3 is 12.1 Å². The molecule has 0 fully saturated rings. The number of nitrogens with zero attached hydrogens (tertiary/aromatic N) is 1. The molecular weight excluding hydrogens is 458 g/mol. The fourth-order valence-electron chi connectivity index (χ4n) is 2.04. The Bertz CT molecular complexity index is 887. The van der Waals surface area contributed by atoms with Crippen molar-refractivity contribution in [2.75, 3.05) is 7.11 Å². The first-order chi connectivity index (χ1) is 12.7. The summed E-state index contributed by atoms with van der Waals surface area (Å²) in [5.41, 5.74) is 0.0735. The standard InChI is InChI=1S/C17H11BrClF4NO3/c1-26-15(25)10-6-5-9(20)7-14(10)27-13-4-2-3-12(11(13)8-18)24-16(19)17(21,22)23/h2-7H,8H2,1H3/b24-16+. The predicted molar refractivity (Wildman–Crippen MR) is 95.9 cm³/mol. The van der Waals surface area contributed by atoms with Crippen LogP contribution in [0.3, 0.4) is 0 Å². The van der Waals surface area contributed by atoms with Gasteiger partial charge in [0.25, 0.3) is 0 Å². The van der Waals surface area contributed by atoms with Crippen molar-refractivity contribution in [1.29, 1.82) is 0 Å². The number of esters is 1. The molecule has 0 spiro atoms. The van der Waals surface area contributed by atoms with Crippen LogP contribution in [0.2, 0.25) is 0 Å². The molecule has 0 saturated carbocycles. The molecule has 0 aromatic heterocycles. The summed E-state index contributed by atoms with van der Waals surface area (Å²) in [5, 5.41) is -1.49. The summed E-state index contributed by atoms with van der Waals surface area (Å²) in [6.45, 7) is 0. The first-order valence-corrected chi connectivity index (χ1v) is 8.72. The molecule has 0 N–H and O–H groups in total. The van der Waals surface area contributed by atoms with Crippen molar-refractivity contribution in [2.24, 2.45) is 4.99 Å². The van der Waals surface area contributed by atoms with E-state index in [1.807, 2.05) is 0 Å². The molecular formula is C17H11BrClF4NO3. The van der Waals surface area contributed by atoms with Gasteiger partial charge in [0.15, 0.2) is 0 Å². The lowest BCUT2D eigenvalue weighted by atomic mass is 10.1. The lowest BCUT2D eigenvalue weighted by Crippen LogP contribution is -2.16. The Morgan fingerprint density at radius 3 is 2.52 bits per heavy atom. The summed E-state index contributed by atoms with van der Waals surface area (Å²) in [6.07, 6.45) is -4.80. The number of benzene rings is 2. The molecule has 0 heterocycles. The van der Waals surface area contributed by atoms with E-state index in [2.05, 4.69) is 25.7 Å². The average molecular weight is 469 g/mol. The molecule has 27 heavy (non-hydrogen) atoms. The maximum absolute atomic E-state index is 13.6. The minimum atomic E-state index is -4.80. The molecule has 2 rings (SSSR count). The van der Waals surface area contributed by atoms with Gasteiger partial charge in [-0.3, -0.25) is 0 Å². The minimum absolute atomic E-state index is 0.0540. The van der Waals surface area contributed by atoms with Gasteiger partial charge in [0.2, 0.25) is 5.17 Å². The normalized spacial score (nSPS) is 12.0. The number of aliphatic imine (C=N–C) groups is 1. The van der Waals surface area contributed by atoms with Gasteiger partial charge in [-0.25, -0.2) is 14.2 Å². The van der Waals surface area contributed by atoms with Crippen LogP contribution >= 0.6 is 27.5 Å². The van der Waals surface area contributed by atoms with Gasteiger partial charge in [-0.05, 0) is 24.3 Å². The van der Waals surface area contributed by atoms with E-state index in [1.165, 1.54) is 24.3 Å². The Labute approximate surface area is 164 Å². The number of methoxy groups -OCH3 is 1. The fraction of sp³-hybridized carbons (Fsp3) is 0.176. The number of carbonyl (C=O) groups is 1. The molecule has 0 aliphatic heterocycles. The van der Waals surface area contributed by atoms with Crippen LogP contribution in [0.5, 0.6) is 11.5 Å². The summed E-state index contributed by atoms with van der Waals surface area (Å²) < 4.78 is 61.7. The second-order valence-corrected chi connectivity index (χ2v) is 5.94. The smallest absolute Gasteiger partial charge is 0.444 e. The number of hydrogen-bond donors (Lipinski definition) is 0. The third-order valence-electron chi connectivity index (χ3n) is 3.26. The van der Waals surface area contributed by atoms with E-state index in [-0.39, 0.29) is 33.6 Å². The van der Waals surface area contributed by atoms with E-state index >= 15 is 0 Å². The fourth-order valence-corrected chi connectivity index (χ4v) is 2.69. The van der Waals surface area contributed by atoms with E-state index in [0.29, 0.717) is 0 Å². The van der Waals surface area contributed by atoms with Crippen molar-refractivity contribution >= 4 is 44.4 Å². The highest BCUT2D eigenvalue weighted by molar-refractivity contribution is 9.08. The lowest BCUT2D eigenvalue weighted by molar-refractivity contribution is -0.0558. The van der Waals surface area contributed by atoms with Crippen molar-refractivity contribution in [3.8, 4) is 11.5 Å². The Morgan fingerprint density at radius 1 is 1.22 bits per heavy atom. The molecule has 0 amide bonds. The molecule has 144 valence electrons. The minimum Gasteiger partial charge on any atom is -0.465 e. The number of rotatable bonds is 5. The Kier molecular flexibility index (Phi) is 6.83. The van der Waals surface area contributed by atoms with E-state index in [0.717, 1.165) is 19.2 Å². The molecule has 0 saturated heterocycles. The molecule has 10 heteroatoms. The molecule has 0 aliphatic rings. The second kappa shape index (κ2) is 8.71. The number of carbonyl (C=O) groups excluding carboxylic acids is 1. The first kappa shape index (κ1) is 21.2. The van der Waals surface area contributed by atoms with Crippen LogP contribution in [0.25, 0.3) is 0 Å². The van der Waals surface area contributed by atoms with Crippen LogP contribution < -0.4 is 4.74 Å². The highest BCUT2D eigenvalue weighted by atomic mass is 79.9. The van der Waals surface area contributed by atoms with E-state index in [4.69, 9.17) is 16.3 Å². The molecule has 2 aromatic carbocycles. The quantitative estimate of drug-likeness (QED) is 0.229. The zero-order valence-corrected chi connectivity index (χ0v) is 16.0. The van der Waals surface area contributed by atoms with Crippen molar-refractivity contribution in [2.45, 2.75) is 11.5 Å². The summed E-state index contributed by atoms with van der Waals surface area (Å²) >= 11 is 8.35. The van der Waals surface area contributed by atoms with Crippen LogP contribution in [-0.4, -0.2) is 24.4 Å². The average Bonchev–Trinajstić information content (AvgIpc) is 2.60. The Balaban J connectivity index is 2.51. The van der Waals surface area contributed by atoms with Crippen LogP contribution in [0, 0.1) is 5.82 Å². The van der Waals surface area contributed by atoms with Crippen molar-refractivity contribution in [3.63, 3.8) is 0 Å². The third-order valence-corrected chi connectivity index (χ3v) is 4.12. The number of halogens is 6. The summed E-state index contributed by atoms with van der Waals surface area (Å²) in [5.74, 6) is -1.53.